The van der Waals surface area contributed by atoms with E-state index in [1.54, 1.807) is 18.9 Å². The minimum absolute atomic E-state index is 0.137. The maximum Gasteiger partial charge on any atom is 0.132 e. The van der Waals surface area contributed by atoms with Crippen molar-refractivity contribution in [2.75, 3.05) is 27.0 Å². The number of aliphatic hydroxyl groups excluding tert-OH is 1. The molecular weight excluding hydrogens is 282 g/mol. The van der Waals surface area contributed by atoms with Crippen LogP contribution in [-0.4, -0.2) is 49.1 Å². The van der Waals surface area contributed by atoms with E-state index in [0.29, 0.717) is 6.04 Å². The van der Waals surface area contributed by atoms with E-state index >= 15 is 0 Å². The number of likely N-dealkylation sites (tertiary alicyclic amines) is 1. The molecule has 21 heavy (non-hydrogen) atoms. The molecule has 0 spiro atoms. The Kier molecular flexibility index (Phi) is 4.21. The maximum atomic E-state index is 10.1. The van der Waals surface area contributed by atoms with Crippen LogP contribution in [0.4, 0.5) is 0 Å². The van der Waals surface area contributed by atoms with E-state index in [2.05, 4.69) is 36.4 Å². The fourth-order valence-corrected chi connectivity index (χ4v) is 4.84. The first kappa shape index (κ1) is 15.2. The fourth-order valence-electron chi connectivity index (χ4n) is 4.24. The lowest BCUT2D eigenvalue weighted by atomic mass is 9.65. The molecule has 0 amide bonds. The first-order valence-corrected chi connectivity index (χ1v) is 8.94. The molecule has 3 nitrogen and oxygen atoms in total. The molecule has 0 bridgehead atoms. The van der Waals surface area contributed by atoms with Gasteiger partial charge in [-0.1, -0.05) is 6.07 Å². The number of ether oxygens (including phenoxy) is 1. The molecular formula is C17H25NO2S. The van der Waals surface area contributed by atoms with Crippen molar-refractivity contribution in [1.29, 1.82) is 0 Å². The molecule has 2 aliphatic rings. The molecule has 116 valence electrons. The Hall–Kier alpha value is -0.710. The summed E-state index contributed by atoms with van der Waals surface area (Å²) in [4.78, 5) is 3.65. The lowest BCUT2D eigenvalue weighted by Gasteiger charge is -2.43. The van der Waals surface area contributed by atoms with Crippen molar-refractivity contribution in [2.45, 2.75) is 48.1 Å². The van der Waals surface area contributed by atoms with E-state index < -0.39 is 0 Å². The minimum atomic E-state index is -0.137. The molecule has 1 aliphatic heterocycles. The molecule has 1 N–H and O–H groups in total. The van der Waals surface area contributed by atoms with E-state index in [1.807, 2.05) is 0 Å². The lowest BCUT2D eigenvalue weighted by molar-refractivity contribution is 0.0566. The number of rotatable bonds is 3. The summed E-state index contributed by atoms with van der Waals surface area (Å²) < 4.78 is 5.45. The van der Waals surface area contributed by atoms with Crippen LogP contribution in [0.2, 0.25) is 0 Å². The van der Waals surface area contributed by atoms with Gasteiger partial charge < -0.3 is 14.7 Å². The van der Waals surface area contributed by atoms with Crippen LogP contribution in [0.25, 0.3) is 0 Å². The number of methoxy groups -OCH3 is 1. The van der Waals surface area contributed by atoms with Crippen LogP contribution in [-0.2, 0) is 5.41 Å². The number of hydrogen-bond acceptors (Lipinski definition) is 4. The van der Waals surface area contributed by atoms with Crippen molar-refractivity contribution < 1.29 is 9.84 Å². The molecule has 4 heteroatoms. The standard InChI is InChI=1S/C17H25NO2S/c1-18-9-8-17(7-6-13(19)11-16(17)18)12-4-5-14(20-2)15(10-12)21-3/h4-5,10,13,16,19H,6-9,11H2,1-3H3/t13-,16+,17+/m1/s1. The van der Waals surface area contributed by atoms with Crippen LogP contribution in [0.3, 0.4) is 0 Å². The minimum Gasteiger partial charge on any atom is -0.496 e. The molecule has 0 aromatic heterocycles. The number of nitrogens with zero attached hydrogens (tertiary/aromatic N) is 1. The molecule has 1 aromatic rings. The third kappa shape index (κ3) is 2.47. The third-order valence-corrected chi connectivity index (χ3v) is 6.22. The van der Waals surface area contributed by atoms with Gasteiger partial charge in [0.05, 0.1) is 13.2 Å². The number of likely N-dealkylation sites (N-methyl/N-ethyl adjacent to an activating group) is 1. The topological polar surface area (TPSA) is 32.7 Å². The smallest absolute Gasteiger partial charge is 0.132 e. The summed E-state index contributed by atoms with van der Waals surface area (Å²) in [5.41, 5.74) is 1.64. The summed E-state index contributed by atoms with van der Waals surface area (Å²) in [7, 11) is 3.93. The second kappa shape index (κ2) is 5.82. The Bertz CT molecular complexity index is 522. The average molecular weight is 307 g/mol. The normalized spacial score (nSPS) is 33.0. The first-order valence-electron chi connectivity index (χ1n) is 7.71. The highest BCUT2D eigenvalue weighted by atomic mass is 32.2. The Balaban J connectivity index is 2.01. The van der Waals surface area contributed by atoms with Crippen molar-refractivity contribution >= 4 is 11.8 Å². The summed E-state index contributed by atoms with van der Waals surface area (Å²) in [5.74, 6) is 0.960. The molecule has 1 heterocycles. The quantitative estimate of drug-likeness (QED) is 0.871. The van der Waals surface area contributed by atoms with Crippen LogP contribution in [0.5, 0.6) is 5.75 Å². The van der Waals surface area contributed by atoms with E-state index in [4.69, 9.17) is 4.74 Å². The fraction of sp³-hybridized carbons (Fsp3) is 0.647. The number of fused-ring (bicyclic) bond motifs is 1. The van der Waals surface area contributed by atoms with Gasteiger partial charge in [0.25, 0.3) is 0 Å². The van der Waals surface area contributed by atoms with Crippen molar-refractivity contribution in [1.82, 2.24) is 4.90 Å². The number of benzene rings is 1. The number of aliphatic hydroxyl groups is 1. The largest absolute Gasteiger partial charge is 0.496 e. The highest BCUT2D eigenvalue weighted by molar-refractivity contribution is 7.98. The predicted molar refractivity (Wildman–Crippen MR) is 87.3 cm³/mol. The first-order chi connectivity index (χ1) is 10.1. The maximum absolute atomic E-state index is 10.1. The molecule has 1 saturated heterocycles. The molecule has 1 aromatic carbocycles. The van der Waals surface area contributed by atoms with Crippen molar-refractivity contribution in [3.63, 3.8) is 0 Å². The third-order valence-electron chi connectivity index (χ3n) is 5.46. The highest BCUT2D eigenvalue weighted by Gasteiger charge is 2.50. The second-order valence-corrected chi connectivity index (χ2v) is 7.25. The van der Waals surface area contributed by atoms with Gasteiger partial charge in [0.1, 0.15) is 5.75 Å². The van der Waals surface area contributed by atoms with E-state index in [1.165, 1.54) is 16.9 Å². The predicted octanol–water partition coefficient (Wildman–Crippen LogP) is 2.90. The Labute approximate surface area is 131 Å². The zero-order chi connectivity index (χ0) is 15.0. The van der Waals surface area contributed by atoms with Crippen molar-refractivity contribution in [3.05, 3.63) is 23.8 Å². The van der Waals surface area contributed by atoms with Gasteiger partial charge in [0.2, 0.25) is 0 Å². The Morgan fingerprint density at radius 3 is 2.90 bits per heavy atom. The van der Waals surface area contributed by atoms with E-state index in [0.717, 1.165) is 31.6 Å². The van der Waals surface area contributed by atoms with Crippen molar-refractivity contribution in [2.24, 2.45) is 0 Å². The van der Waals surface area contributed by atoms with Gasteiger partial charge in [-0.2, -0.15) is 0 Å². The van der Waals surface area contributed by atoms with Crippen LogP contribution < -0.4 is 4.74 Å². The summed E-state index contributed by atoms with van der Waals surface area (Å²) in [6.45, 7) is 1.12. The molecule has 0 radical (unpaired) electrons. The van der Waals surface area contributed by atoms with Crippen molar-refractivity contribution in [3.8, 4) is 5.75 Å². The van der Waals surface area contributed by atoms with Gasteiger partial charge in [-0.3, -0.25) is 0 Å². The van der Waals surface area contributed by atoms with Gasteiger partial charge in [0.15, 0.2) is 0 Å². The van der Waals surface area contributed by atoms with E-state index in [9.17, 15) is 5.11 Å². The van der Waals surface area contributed by atoms with E-state index in [-0.39, 0.29) is 11.5 Å². The molecule has 3 atom stereocenters. The zero-order valence-electron chi connectivity index (χ0n) is 13.1. The van der Waals surface area contributed by atoms with Crippen LogP contribution in [0.1, 0.15) is 31.2 Å². The number of hydrogen-bond donors (Lipinski definition) is 1. The van der Waals surface area contributed by atoms with Gasteiger partial charge in [-0.25, -0.2) is 0 Å². The van der Waals surface area contributed by atoms with Gasteiger partial charge in [0, 0.05) is 16.4 Å². The van der Waals surface area contributed by atoms with Gasteiger partial charge >= 0.3 is 0 Å². The van der Waals surface area contributed by atoms with Crippen LogP contribution >= 0.6 is 11.8 Å². The average Bonchev–Trinajstić information content (AvgIpc) is 2.85. The molecule has 3 rings (SSSR count). The monoisotopic (exact) mass is 307 g/mol. The molecule has 2 fully saturated rings. The number of thioether (sulfide) groups is 1. The SMILES string of the molecule is COc1ccc([C@@]23CC[C@@H](O)C[C@@H]2N(C)CC3)cc1SC. The summed E-state index contributed by atoms with van der Waals surface area (Å²) >= 11 is 1.74. The Morgan fingerprint density at radius 2 is 2.19 bits per heavy atom. The lowest BCUT2D eigenvalue weighted by Crippen LogP contribution is -2.47. The molecule has 0 unspecified atom stereocenters. The summed E-state index contributed by atoms with van der Waals surface area (Å²) in [5, 5.41) is 10.1. The van der Waals surface area contributed by atoms with Gasteiger partial charge in [-0.15, -0.1) is 11.8 Å². The molecule has 1 saturated carbocycles. The summed E-state index contributed by atoms with van der Waals surface area (Å²) in [6, 6.07) is 7.12. The van der Waals surface area contributed by atoms with Gasteiger partial charge in [-0.05, 0) is 63.2 Å². The van der Waals surface area contributed by atoms with Crippen LogP contribution in [0.15, 0.2) is 23.1 Å². The Morgan fingerprint density at radius 1 is 1.38 bits per heavy atom. The molecule has 1 aliphatic carbocycles. The van der Waals surface area contributed by atoms with Crippen LogP contribution in [0, 0.1) is 0 Å². The zero-order valence-corrected chi connectivity index (χ0v) is 13.9. The second-order valence-electron chi connectivity index (χ2n) is 6.40. The summed E-state index contributed by atoms with van der Waals surface area (Å²) in [6.07, 6.45) is 6.07. The highest BCUT2D eigenvalue weighted by Crippen LogP contribution is 2.49.